The monoisotopic (exact) mass is 312 g/mol. The van der Waals surface area contributed by atoms with Crippen molar-refractivity contribution >= 4 is 17.3 Å². The van der Waals surface area contributed by atoms with Crippen molar-refractivity contribution in [3.05, 3.63) is 58.5 Å². The molecule has 1 aliphatic heterocycles. The second kappa shape index (κ2) is 5.46. The maximum atomic E-state index is 5.24. The van der Waals surface area contributed by atoms with Crippen LogP contribution in [0, 0.1) is 0 Å². The first kappa shape index (κ1) is 13.3. The molecule has 0 fully saturated rings. The molecule has 3 heterocycles. The minimum atomic E-state index is 0.217. The number of fused-ring (bicyclic) bond motifs is 1. The normalized spacial score (nSPS) is 20.2. The van der Waals surface area contributed by atoms with E-state index in [1.54, 1.807) is 24.8 Å². The van der Waals surface area contributed by atoms with Crippen LogP contribution >= 0.6 is 11.3 Å². The summed E-state index contributed by atoms with van der Waals surface area (Å²) in [5, 5.41) is 9.96. The largest absolute Gasteiger partial charge is 0.497 e. The van der Waals surface area contributed by atoms with Crippen LogP contribution in [0.25, 0.3) is 0 Å². The Morgan fingerprint density at radius 3 is 2.86 bits per heavy atom. The Morgan fingerprint density at radius 2 is 2.14 bits per heavy atom. The highest BCUT2D eigenvalue weighted by atomic mass is 32.1. The van der Waals surface area contributed by atoms with Crippen LogP contribution < -0.4 is 10.1 Å². The molecule has 0 bridgehead atoms. The first-order valence-corrected chi connectivity index (χ1v) is 8.06. The molecule has 0 unspecified atom stereocenters. The van der Waals surface area contributed by atoms with Crippen molar-refractivity contribution in [3.63, 3.8) is 0 Å². The van der Waals surface area contributed by atoms with Gasteiger partial charge in [0.1, 0.15) is 12.1 Å². The molecule has 0 saturated heterocycles. The fourth-order valence-electron chi connectivity index (χ4n) is 2.89. The highest BCUT2D eigenvalue weighted by molar-refractivity contribution is 7.10. The van der Waals surface area contributed by atoms with Gasteiger partial charge in [0.2, 0.25) is 5.95 Å². The lowest BCUT2D eigenvalue weighted by molar-refractivity contribution is 0.413. The third kappa shape index (κ3) is 2.25. The Balaban J connectivity index is 1.68. The van der Waals surface area contributed by atoms with Crippen LogP contribution in [0.1, 0.15) is 28.9 Å². The highest BCUT2D eigenvalue weighted by Crippen LogP contribution is 2.38. The summed E-state index contributed by atoms with van der Waals surface area (Å²) in [7, 11) is 1.68. The van der Waals surface area contributed by atoms with E-state index in [9.17, 15) is 0 Å². The number of nitrogens with zero attached hydrogens (tertiary/aromatic N) is 3. The van der Waals surface area contributed by atoms with Crippen molar-refractivity contribution in [2.24, 2.45) is 0 Å². The zero-order chi connectivity index (χ0) is 14.9. The van der Waals surface area contributed by atoms with Crippen molar-refractivity contribution in [2.75, 3.05) is 12.4 Å². The van der Waals surface area contributed by atoms with Gasteiger partial charge in [-0.05, 0) is 35.6 Å². The van der Waals surface area contributed by atoms with Gasteiger partial charge in [-0.25, -0.2) is 4.68 Å². The average Bonchev–Trinajstić information content (AvgIpc) is 3.25. The summed E-state index contributed by atoms with van der Waals surface area (Å²) in [4.78, 5) is 5.66. The lowest BCUT2D eigenvalue weighted by atomic mass is 9.97. The molecule has 112 valence electrons. The van der Waals surface area contributed by atoms with Gasteiger partial charge in [-0.3, -0.25) is 0 Å². The predicted molar refractivity (Wildman–Crippen MR) is 86.5 cm³/mol. The summed E-state index contributed by atoms with van der Waals surface area (Å²) in [5.74, 6) is 1.70. The lowest BCUT2D eigenvalue weighted by Gasteiger charge is -2.31. The number of hydrogen-bond donors (Lipinski definition) is 1. The van der Waals surface area contributed by atoms with E-state index in [1.165, 1.54) is 10.4 Å². The Labute approximate surface area is 132 Å². The van der Waals surface area contributed by atoms with Crippen molar-refractivity contribution in [1.29, 1.82) is 0 Å². The standard InChI is InChI=1S/C16H16N4OS/c1-21-12-6-4-11(5-7-12)13-9-14(15-3-2-8-22-15)20-16(19-13)17-10-18-20/h2-8,10,13-14H,9H2,1H3,(H,17,18,19)/t13-,14-/m0/s1. The van der Waals surface area contributed by atoms with Gasteiger partial charge in [-0.1, -0.05) is 18.2 Å². The zero-order valence-corrected chi connectivity index (χ0v) is 13.0. The van der Waals surface area contributed by atoms with Gasteiger partial charge in [-0.2, -0.15) is 10.1 Å². The second-order valence-electron chi connectivity index (χ2n) is 5.27. The van der Waals surface area contributed by atoms with Crippen LogP contribution in [0.3, 0.4) is 0 Å². The summed E-state index contributed by atoms with van der Waals surface area (Å²) < 4.78 is 7.21. The van der Waals surface area contributed by atoms with Gasteiger partial charge in [0.25, 0.3) is 0 Å². The summed E-state index contributed by atoms with van der Waals surface area (Å²) in [6.07, 6.45) is 2.56. The van der Waals surface area contributed by atoms with Gasteiger partial charge in [0.15, 0.2) is 0 Å². The van der Waals surface area contributed by atoms with E-state index in [2.05, 4.69) is 45.0 Å². The molecule has 0 radical (unpaired) electrons. The third-order valence-electron chi connectivity index (χ3n) is 4.02. The molecule has 0 aliphatic carbocycles. The zero-order valence-electron chi connectivity index (χ0n) is 12.1. The molecule has 1 N–H and O–H groups in total. The van der Waals surface area contributed by atoms with Crippen molar-refractivity contribution in [1.82, 2.24) is 14.8 Å². The number of methoxy groups -OCH3 is 1. The van der Waals surface area contributed by atoms with Crippen molar-refractivity contribution < 1.29 is 4.74 Å². The summed E-state index contributed by atoms with van der Waals surface area (Å²) in [6.45, 7) is 0. The minimum absolute atomic E-state index is 0.217. The van der Waals surface area contributed by atoms with Gasteiger partial charge < -0.3 is 10.1 Å². The fourth-order valence-corrected chi connectivity index (χ4v) is 3.72. The molecule has 2 aromatic heterocycles. The summed E-state index contributed by atoms with van der Waals surface area (Å²) in [6, 6.07) is 12.9. The number of nitrogens with one attached hydrogen (secondary N) is 1. The molecular formula is C16H16N4OS. The first-order chi connectivity index (χ1) is 10.8. The fraction of sp³-hybridized carbons (Fsp3) is 0.250. The maximum absolute atomic E-state index is 5.24. The Bertz CT molecular complexity index is 751. The van der Waals surface area contributed by atoms with E-state index in [0.29, 0.717) is 0 Å². The minimum Gasteiger partial charge on any atom is -0.497 e. The molecule has 6 heteroatoms. The average molecular weight is 312 g/mol. The smallest absolute Gasteiger partial charge is 0.222 e. The quantitative estimate of drug-likeness (QED) is 0.804. The van der Waals surface area contributed by atoms with Crippen molar-refractivity contribution in [2.45, 2.75) is 18.5 Å². The summed E-state index contributed by atoms with van der Waals surface area (Å²) in [5.41, 5.74) is 1.23. The van der Waals surface area contributed by atoms with Crippen LogP contribution in [0.2, 0.25) is 0 Å². The molecule has 2 atom stereocenters. The number of hydrogen-bond acceptors (Lipinski definition) is 5. The van der Waals surface area contributed by atoms with Crippen LogP contribution in [0.15, 0.2) is 48.1 Å². The second-order valence-corrected chi connectivity index (χ2v) is 6.24. The van der Waals surface area contributed by atoms with Gasteiger partial charge in [0.05, 0.1) is 19.2 Å². The molecular weight excluding hydrogens is 296 g/mol. The van der Waals surface area contributed by atoms with Crippen molar-refractivity contribution in [3.8, 4) is 5.75 Å². The molecule has 1 aromatic carbocycles. The van der Waals surface area contributed by atoms with E-state index < -0.39 is 0 Å². The van der Waals surface area contributed by atoms with E-state index in [-0.39, 0.29) is 12.1 Å². The predicted octanol–water partition coefficient (Wildman–Crippen LogP) is 3.49. The molecule has 22 heavy (non-hydrogen) atoms. The first-order valence-electron chi connectivity index (χ1n) is 7.18. The number of anilines is 1. The maximum Gasteiger partial charge on any atom is 0.222 e. The van der Waals surface area contributed by atoms with Gasteiger partial charge in [-0.15, -0.1) is 11.3 Å². The van der Waals surface area contributed by atoms with E-state index in [1.807, 2.05) is 16.8 Å². The topological polar surface area (TPSA) is 52.0 Å². The molecule has 0 spiro atoms. The highest BCUT2D eigenvalue weighted by Gasteiger charge is 2.30. The van der Waals surface area contributed by atoms with Gasteiger partial charge >= 0.3 is 0 Å². The Kier molecular flexibility index (Phi) is 3.31. The summed E-state index contributed by atoms with van der Waals surface area (Å²) >= 11 is 1.76. The molecule has 3 aromatic rings. The van der Waals surface area contributed by atoms with Gasteiger partial charge in [0, 0.05) is 4.88 Å². The van der Waals surface area contributed by atoms with E-state index in [0.717, 1.165) is 18.1 Å². The van der Waals surface area contributed by atoms with Crippen LogP contribution in [-0.4, -0.2) is 21.9 Å². The van der Waals surface area contributed by atoms with Crippen LogP contribution in [0.5, 0.6) is 5.75 Å². The number of ether oxygens (including phenoxy) is 1. The van der Waals surface area contributed by atoms with E-state index >= 15 is 0 Å². The van der Waals surface area contributed by atoms with Crippen LogP contribution in [0.4, 0.5) is 5.95 Å². The SMILES string of the molecule is COc1ccc([C@@H]2C[C@@H](c3cccs3)n3ncnc3N2)cc1. The molecule has 5 nitrogen and oxygen atoms in total. The van der Waals surface area contributed by atoms with E-state index in [4.69, 9.17) is 4.74 Å². The number of benzene rings is 1. The molecule has 4 rings (SSSR count). The Morgan fingerprint density at radius 1 is 1.27 bits per heavy atom. The molecule has 0 saturated carbocycles. The lowest BCUT2D eigenvalue weighted by Crippen LogP contribution is -2.27. The number of aromatic nitrogens is 3. The Hall–Kier alpha value is -2.34. The third-order valence-corrected chi connectivity index (χ3v) is 4.99. The number of thiophene rings is 1. The molecule has 0 amide bonds. The molecule has 1 aliphatic rings. The van der Waals surface area contributed by atoms with Crippen LogP contribution in [-0.2, 0) is 0 Å². The number of rotatable bonds is 3.